The minimum Gasteiger partial charge on any atom is -0.481 e. The lowest BCUT2D eigenvalue weighted by Gasteiger charge is -2.37. The van der Waals surface area contributed by atoms with Gasteiger partial charge in [0.05, 0.1) is 11.6 Å². The molecule has 1 unspecified atom stereocenters. The SMILES string of the molecule is CC(C)CN(c1ncc(C(C)CC(=O)O)cc1N=C=S)C1CCOCC1. The fourth-order valence-corrected chi connectivity index (χ4v) is 3.36. The van der Waals surface area contributed by atoms with E-state index in [9.17, 15) is 4.79 Å². The van der Waals surface area contributed by atoms with E-state index in [4.69, 9.17) is 22.1 Å². The predicted molar refractivity (Wildman–Crippen MR) is 106 cm³/mol. The molecule has 1 N–H and O–H groups in total. The Balaban J connectivity index is 2.39. The lowest BCUT2D eigenvalue weighted by Crippen LogP contribution is -2.42. The minimum absolute atomic E-state index is 0.0530. The highest BCUT2D eigenvalue weighted by Gasteiger charge is 2.26. The number of hydrogen-bond donors (Lipinski definition) is 1. The Morgan fingerprint density at radius 2 is 2.15 bits per heavy atom. The second-order valence-electron chi connectivity index (χ2n) is 7.20. The summed E-state index contributed by atoms with van der Waals surface area (Å²) in [7, 11) is 0. The molecule has 1 aliphatic rings. The van der Waals surface area contributed by atoms with Crippen LogP contribution in [0, 0.1) is 5.92 Å². The molecule has 142 valence electrons. The fraction of sp³-hybridized carbons (Fsp3) is 0.632. The van der Waals surface area contributed by atoms with Crippen molar-refractivity contribution >= 4 is 34.9 Å². The van der Waals surface area contributed by atoms with Crippen LogP contribution in [0.4, 0.5) is 11.5 Å². The average molecular weight is 378 g/mol. The number of nitrogens with zero attached hydrogens (tertiary/aromatic N) is 3. The number of hydrogen-bond acceptors (Lipinski definition) is 6. The summed E-state index contributed by atoms with van der Waals surface area (Å²) in [6.07, 6.45) is 3.72. The van der Waals surface area contributed by atoms with Crippen molar-refractivity contribution in [2.75, 3.05) is 24.7 Å². The van der Waals surface area contributed by atoms with Crippen LogP contribution in [0.5, 0.6) is 0 Å². The van der Waals surface area contributed by atoms with Gasteiger partial charge >= 0.3 is 5.97 Å². The van der Waals surface area contributed by atoms with Crippen LogP contribution in [0.15, 0.2) is 17.3 Å². The largest absolute Gasteiger partial charge is 0.481 e. The van der Waals surface area contributed by atoms with Gasteiger partial charge in [-0.3, -0.25) is 4.79 Å². The standard InChI is InChI=1S/C19H27N3O3S/c1-13(2)11-22(16-4-6-25-7-5-16)19-17(21-12-26)9-15(10-20-19)14(3)8-18(23)24/h9-10,13-14,16H,4-8,11H2,1-3H3,(H,23,24). The van der Waals surface area contributed by atoms with Crippen molar-refractivity contribution in [3.8, 4) is 0 Å². The van der Waals surface area contributed by atoms with Crippen LogP contribution in [0.2, 0.25) is 0 Å². The topological polar surface area (TPSA) is 75.0 Å². The van der Waals surface area contributed by atoms with E-state index in [0.29, 0.717) is 17.6 Å². The summed E-state index contributed by atoms with van der Waals surface area (Å²) >= 11 is 4.83. The van der Waals surface area contributed by atoms with E-state index in [1.807, 2.05) is 13.0 Å². The van der Waals surface area contributed by atoms with Gasteiger partial charge in [0.25, 0.3) is 0 Å². The number of aromatic nitrogens is 1. The lowest BCUT2D eigenvalue weighted by molar-refractivity contribution is -0.137. The van der Waals surface area contributed by atoms with Crippen LogP contribution in [-0.4, -0.2) is 47.0 Å². The Kier molecular flexibility index (Phi) is 7.69. The van der Waals surface area contributed by atoms with Crippen LogP contribution in [-0.2, 0) is 9.53 Å². The quantitative estimate of drug-likeness (QED) is 0.544. The van der Waals surface area contributed by atoms with Crippen LogP contribution in [0.1, 0.15) is 51.5 Å². The first-order chi connectivity index (χ1) is 12.4. The summed E-state index contributed by atoms with van der Waals surface area (Å²) in [6.45, 7) is 8.59. The highest BCUT2D eigenvalue weighted by atomic mass is 32.1. The monoisotopic (exact) mass is 377 g/mol. The first kappa shape index (κ1) is 20.5. The molecule has 0 aliphatic carbocycles. The van der Waals surface area contributed by atoms with E-state index in [2.05, 4.69) is 33.9 Å². The molecule has 1 aromatic heterocycles. The molecule has 6 nitrogen and oxygen atoms in total. The molecule has 2 heterocycles. The Bertz CT molecular complexity index is 668. The summed E-state index contributed by atoms with van der Waals surface area (Å²) in [6, 6.07) is 2.24. The Hall–Kier alpha value is -1.82. The number of ether oxygens (including phenoxy) is 1. The van der Waals surface area contributed by atoms with Gasteiger partial charge in [0.1, 0.15) is 5.69 Å². The minimum atomic E-state index is -0.829. The molecule has 1 aliphatic heterocycles. The number of carboxylic acid groups (broad SMARTS) is 1. The molecule has 0 spiro atoms. The van der Waals surface area contributed by atoms with Crippen molar-refractivity contribution < 1.29 is 14.6 Å². The molecule has 1 atom stereocenters. The molecule has 0 bridgehead atoms. The molecule has 1 aromatic rings. The van der Waals surface area contributed by atoms with Gasteiger partial charge in [-0.1, -0.05) is 20.8 Å². The third-order valence-corrected chi connectivity index (χ3v) is 4.64. The first-order valence-corrected chi connectivity index (χ1v) is 9.47. The lowest BCUT2D eigenvalue weighted by atomic mass is 9.98. The van der Waals surface area contributed by atoms with E-state index in [1.54, 1.807) is 6.20 Å². The van der Waals surface area contributed by atoms with Crippen molar-refractivity contribution in [1.29, 1.82) is 0 Å². The Labute approximate surface area is 160 Å². The summed E-state index contributed by atoms with van der Waals surface area (Å²) in [4.78, 5) is 22.2. The number of pyridine rings is 1. The molecule has 0 saturated carbocycles. The van der Waals surface area contributed by atoms with E-state index < -0.39 is 5.97 Å². The number of carboxylic acids is 1. The molecule has 0 amide bonds. The Morgan fingerprint density at radius 3 is 2.73 bits per heavy atom. The number of aliphatic carboxylic acids is 1. The van der Waals surface area contributed by atoms with E-state index in [1.165, 1.54) is 0 Å². The summed E-state index contributed by atoms with van der Waals surface area (Å²) in [5.41, 5.74) is 1.50. The van der Waals surface area contributed by atoms with Crippen LogP contribution in [0.25, 0.3) is 0 Å². The molecule has 7 heteroatoms. The number of aliphatic imine (C=N–C) groups is 1. The summed E-state index contributed by atoms with van der Waals surface area (Å²) in [5.74, 6) is 0.281. The van der Waals surface area contributed by atoms with Crippen molar-refractivity contribution in [2.45, 2.75) is 52.0 Å². The van der Waals surface area contributed by atoms with Gasteiger partial charge in [-0.15, -0.1) is 0 Å². The Morgan fingerprint density at radius 1 is 1.46 bits per heavy atom. The van der Waals surface area contributed by atoms with Gasteiger partial charge in [0.15, 0.2) is 5.82 Å². The third-order valence-electron chi connectivity index (χ3n) is 4.55. The third kappa shape index (κ3) is 5.59. The van der Waals surface area contributed by atoms with Gasteiger partial charge in [0.2, 0.25) is 0 Å². The second-order valence-corrected chi connectivity index (χ2v) is 7.39. The zero-order valence-electron chi connectivity index (χ0n) is 15.6. The molecular weight excluding hydrogens is 350 g/mol. The number of carbonyl (C=O) groups is 1. The molecule has 1 fully saturated rings. The maximum atomic E-state index is 11.0. The molecule has 1 saturated heterocycles. The maximum absolute atomic E-state index is 11.0. The first-order valence-electron chi connectivity index (χ1n) is 9.06. The highest BCUT2D eigenvalue weighted by molar-refractivity contribution is 7.78. The van der Waals surface area contributed by atoms with Crippen molar-refractivity contribution in [2.24, 2.45) is 10.9 Å². The van der Waals surface area contributed by atoms with Gasteiger partial charge in [-0.05, 0) is 48.5 Å². The molecular formula is C19H27N3O3S. The van der Waals surface area contributed by atoms with Crippen LogP contribution >= 0.6 is 12.2 Å². The normalized spacial score (nSPS) is 16.2. The van der Waals surface area contributed by atoms with Gasteiger partial charge < -0.3 is 14.7 Å². The predicted octanol–water partition coefficient (Wildman–Crippen LogP) is 4.04. The smallest absolute Gasteiger partial charge is 0.303 e. The number of isothiocyanates is 1. The fourth-order valence-electron chi connectivity index (χ4n) is 3.26. The van der Waals surface area contributed by atoms with Crippen LogP contribution < -0.4 is 4.90 Å². The molecule has 0 aromatic carbocycles. The van der Waals surface area contributed by atoms with E-state index in [0.717, 1.165) is 44.0 Å². The van der Waals surface area contributed by atoms with Crippen molar-refractivity contribution in [1.82, 2.24) is 4.98 Å². The molecule has 26 heavy (non-hydrogen) atoms. The zero-order chi connectivity index (χ0) is 19.1. The maximum Gasteiger partial charge on any atom is 0.303 e. The van der Waals surface area contributed by atoms with E-state index in [-0.39, 0.29) is 12.3 Å². The molecule has 2 rings (SSSR count). The van der Waals surface area contributed by atoms with Crippen molar-refractivity contribution in [3.63, 3.8) is 0 Å². The highest BCUT2D eigenvalue weighted by Crippen LogP contribution is 2.33. The summed E-state index contributed by atoms with van der Waals surface area (Å²) < 4.78 is 5.50. The average Bonchev–Trinajstić information content (AvgIpc) is 2.60. The van der Waals surface area contributed by atoms with Crippen LogP contribution in [0.3, 0.4) is 0 Å². The van der Waals surface area contributed by atoms with E-state index >= 15 is 0 Å². The van der Waals surface area contributed by atoms with Gasteiger partial charge in [-0.2, -0.15) is 4.99 Å². The van der Waals surface area contributed by atoms with Crippen molar-refractivity contribution in [3.05, 3.63) is 17.8 Å². The number of anilines is 1. The summed E-state index contributed by atoms with van der Waals surface area (Å²) in [5, 5.41) is 11.5. The number of rotatable bonds is 8. The number of thiocarbonyl (C=S) groups is 1. The van der Waals surface area contributed by atoms with Gasteiger partial charge in [-0.25, -0.2) is 4.98 Å². The zero-order valence-corrected chi connectivity index (χ0v) is 16.5. The molecule has 0 radical (unpaired) electrons. The van der Waals surface area contributed by atoms with Gasteiger partial charge in [0, 0.05) is 32.0 Å². The second kappa shape index (κ2) is 9.76.